The van der Waals surface area contributed by atoms with Crippen molar-refractivity contribution in [2.45, 2.75) is 85.8 Å². The van der Waals surface area contributed by atoms with Crippen molar-refractivity contribution in [1.82, 2.24) is 14.3 Å². The molecule has 0 aliphatic rings. The second kappa shape index (κ2) is 11.7. The Bertz CT molecular complexity index is 1310. The van der Waals surface area contributed by atoms with Crippen molar-refractivity contribution in [2.75, 3.05) is 0 Å². The lowest BCUT2D eigenvalue weighted by atomic mass is 10.1. The van der Waals surface area contributed by atoms with Crippen LogP contribution in [0, 0.1) is 6.92 Å². The topological polar surface area (TPSA) is 102 Å². The summed E-state index contributed by atoms with van der Waals surface area (Å²) in [6.45, 7) is 13.2. The van der Waals surface area contributed by atoms with Crippen LogP contribution in [0.15, 0.2) is 53.3 Å². The van der Waals surface area contributed by atoms with E-state index >= 15 is 0 Å². The predicted molar refractivity (Wildman–Crippen MR) is 143 cm³/mol. The van der Waals surface area contributed by atoms with Gasteiger partial charge in [0, 0.05) is 6.54 Å². The van der Waals surface area contributed by atoms with Crippen LogP contribution >= 0.6 is 0 Å². The zero-order valence-corrected chi connectivity index (χ0v) is 23.2. The van der Waals surface area contributed by atoms with Crippen molar-refractivity contribution >= 4 is 11.9 Å². The fraction of sp³-hybridized carbons (Fsp3) is 0.448. The van der Waals surface area contributed by atoms with Crippen molar-refractivity contribution in [1.29, 1.82) is 0 Å². The van der Waals surface area contributed by atoms with Crippen LogP contribution in [0.2, 0.25) is 0 Å². The van der Waals surface area contributed by atoms with Gasteiger partial charge in [-0.05, 0) is 77.8 Å². The summed E-state index contributed by atoms with van der Waals surface area (Å²) >= 11 is 0. The van der Waals surface area contributed by atoms with Crippen molar-refractivity contribution in [2.24, 2.45) is 0 Å². The van der Waals surface area contributed by atoms with Crippen LogP contribution in [-0.4, -0.2) is 37.5 Å². The number of ether oxygens (including phenoxy) is 3. The summed E-state index contributed by atoms with van der Waals surface area (Å²) in [5.74, 6) is -0.264. The van der Waals surface area contributed by atoms with Gasteiger partial charge in [0.2, 0.25) is 0 Å². The Balaban J connectivity index is 1.66. The van der Waals surface area contributed by atoms with Gasteiger partial charge in [-0.15, -0.1) is 0 Å². The van der Waals surface area contributed by atoms with Crippen molar-refractivity contribution in [3.8, 4) is 5.75 Å². The lowest BCUT2D eigenvalue weighted by Gasteiger charge is -2.29. The summed E-state index contributed by atoms with van der Waals surface area (Å²) in [4.78, 5) is 38.1. The molecule has 0 fully saturated rings. The normalized spacial score (nSPS) is 11.8. The Morgan fingerprint density at radius 2 is 1.58 bits per heavy atom. The van der Waals surface area contributed by atoms with E-state index in [1.54, 1.807) is 58.9 Å². The molecule has 9 heteroatoms. The molecule has 0 N–H and O–H groups in total. The molecular formula is C29H37N3O6. The molecular weight excluding hydrogens is 486 g/mol. The molecule has 1 heterocycles. The highest BCUT2D eigenvalue weighted by atomic mass is 16.6. The molecule has 0 amide bonds. The molecule has 38 heavy (non-hydrogen) atoms. The van der Waals surface area contributed by atoms with Crippen LogP contribution in [-0.2, 0) is 34.0 Å². The van der Waals surface area contributed by atoms with Crippen LogP contribution in [0.1, 0.15) is 75.3 Å². The lowest BCUT2D eigenvalue weighted by molar-refractivity contribution is -0.170. The maximum atomic E-state index is 12.9. The summed E-state index contributed by atoms with van der Waals surface area (Å²) < 4.78 is 19.6. The van der Waals surface area contributed by atoms with Gasteiger partial charge in [-0.1, -0.05) is 36.8 Å². The molecule has 0 saturated heterocycles. The molecule has 0 saturated carbocycles. The Kier molecular flexibility index (Phi) is 8.81. The number of nitrogens with zero attached hydrogens (tertiary/aromatic N) is 3. The second-order valence-electron chi connectivity index (χ2n) is 10.7. The molecule has 204 valence electrons. The zero-order valence-electron chi connectivity index (χ0n) is 23.2. The highest BCUT2D eigenvalue weighted by molar-refractivity contribution is 5.89. The number of rotatable bonds is 10. The van der Waals surface area contributed by atoms with Gasteiger partial charge in [-0.3, -0.25) is 4.57 Å². The molecule has 0 spiro atoms. The average Bonchev–Trinajstić information content (AvgIpc) is 3.12. The van der Waals surface area contributed by atoms with Crippen LogP contribution in [0.5, 0.6) is 5.75 Å². The van der Waals surface area contributed by atoms with Gasteiger partial charge in [0.05, 0.1) is 12.1 Å². The number of benzene rings is 2. The first-order valence-electron chi connectivity index (χ1n) is 12.7. The van der Waals surface area contributed by atoms with Crippen LogP contribution in [0.4, 0.5) is 0 Å². The Morgan fingerprint density at radius 1 is 0.947 bits per heavy atom. The average molecular weight is 524 g/mol. The Morgan fingerprint density at radius 3 is 2.16 bits per heavy atom. The van der Waals surface area contributed by atoms with E-state index in [4.69, 9.17) is 14.2 Å². The minimum absolute atomic E-state index is 0.140. The van der Waals surface area contributed by atoms with E-state index in [0.29, 0.717) is 30.2 Å². The number of hydrogen-bond donors (Lipinski definition) is 0. The third-order valence-electron chi connectivity index (χ3n) is 5.59. The largest absolute Gasteiger partial charge is 0.476 e. The van der Waals surface area contributed by atoms with Gasteiger partial charge in [-0.2, -0.15) is 5.10 Å². The molecule has 0 aliphatic carbocycles. The first-order chi connectivity index (χ1) is 17.8. The monoisotopic (exact) mass is 523 g/mol. The van der Waals surface area contributed by atoms with Crippen molar-refractivity contribution < 1.29 is 23.8 Å². The van der Waals surface area contributed by atoms with E-state index < -0.39 is 23.1 Å². The maximum absolute atomic E-state index is 12.9. The van der Waals surface area contributed by atoms with E-state index in [1.165, 1.54) is 9.25 Å². The van der Waals surface area contributed by atoms with Gasteiger partial charge in [-0.25, -0.2) is 19.1 Å². The third-order valence-corrected chi connectivity index (χ3v) is 5.59. The smallest absolute Gasteiger partial charge is 0.350 e. The molecule has 0 radical (unpaired) electrons. The number of carbonyl (C=O) groups is 2. The molecule has 3 rings (SSSR count). The number of hydrogen-bond acceptors (Lipinski definition) is 7. The molecule has 0 unspecified atom stereocenters. The van der Waals surface area contributed by atoms with Crippen LogP contribution in [0.3, 0.4) is 0 Å². The van der Waals surface area contributed by atoms with Gasteiger partial charge in [0.1, 0.15) is 11.4 Å². The molecule has 3 aromatic rings. The summed E-state index contributed by atoms with van der Waals surface area (Å²) in [5.41, 5.74) is 0.305. The van der Waals surface area contributed by atoms with Crippen LogP contribution in [0.25, 0.3) is 0 Å². The van der Waals surface area contributed by atoms with Crippen molar-refractivity contribution in [3.05, 3.63) is 81.5 Å². The molecule has 0 aliphatic heterocycles. The number of aromatic nitrogens is 3. The summed E-state index contributed by atoms with van der Waals surface area (Å²) in [6, 6.07) is 14.2. The molecule has 0 bridgehead atoms. The molecule has 0 atom stereocenters. The molecule has 2 aromatic carbocycles. The second-order valence-corrected chi connectivity index (χ2v) is 10.7. The highest BCUT2D eigenvalue weighted by Gasteiger charge is 2.34. The molecule has 1 aromatic heterocycles. The van der Waals surface area contributed by atoms with Crippen LogP contribution < -0.4 is 10.4 Å². The SMILES string of the molecule is CCCn1c(COC(=O)c2ccc(OC(C)(C)C(=O)OC(C)(C)C)cc2)nn(Cc2ccc(C)cc2)c1=O. The lowest BCUT2D eigenvalue weighted by Crippen LogP contribution is -2.43. The first-order valence-corrected chi connectivity index (χ1v) is 12.7. The fourth-order valence-corrected chi connectivity index (χ4v) is 3.62. The van der Waals surface area contributed by atoms with Crippen molar-refractivity contribution in [3.63, 3.8) is 0 Å². The minimum atomic E-state index is -1.21. The van der Waals surface area contributed by atoms with E-state index in [0.717, 1.165) is 17.5 Å². The summed E-state index contributed by atoms with van der Waals surface area (Å²) in [7, 11) is 0. The van der Waals surface area contributed by atoms with Gasteiger partial charge in [0.15, 0.2) is 18.0 Å². The van der Waals surface area contributed by atoms with E-state index in [-0.39, 0.29) is 12.3 Å². The Labute approximate surface area is 223 Å². The van der Waals surface area contributed by atoms with E-state index in [9.17, 15) is 14.4 Å². The predicted octanol–water partition coefficient (Wildman–Crippen LogP) is 4.67. The standard InChI is InChI=1S/C29H37N3O6/c1-8-17-31-24(30-32(27(31)35)18-21-11-9-20(2)10-12-21)19-36-25(33)22-13-15-23(16-14-22)37-29(6,7)26(34)38-28(3,4)5/h9-16H,8,17-19H2,1-7H3. The first kappa shape index (κ1) is 28.7. The number of aryl methyl sites for hydroxylation is 1. The number of carbonyl (C=O) groups excluding carboxylic acids is 2. The highest BCUT2D eigenvalue weighted by Crippen LogP contribution is 2.23. The third kappa shape index (κ3) is 7.57. The Hall–Kier alpha value is -3.88. The quantitative estimate of drug-likeness (QED) is 0.356. The summed E-state index contributed by atoms with van der Waals surface area (Å²) in [6.07, 6.45) is 0.734. The summed E-state index contributed by atoms with van der Waals surface area (Å²) in [5, 5.41) is 4.43. The van der Waals surface area contributed by atoms with Gasteiger partial charge >= 0.3 is 17.6 Å². The molecule has 9 nitrogen and oxygen atoms in total. The van der Waals surface area contributed by atoms with E-state index in [2.05, 4.69) is 5.10 Å². The minimum Gasteiger partial charge on any atom is -0.476 e. The fourth-order valence-electron chi connectivity index (χ4n) is 3.62. The number of esters is 2. The maximum Gasteiger partial charge on any atom is 0.350 e. The van der Waals surface area contributed by atoms with Gasteiger partial charge in [0.25, 0.3) is 0 Å². The zero-order chi connectivity index (χ0) is 28.1. The van der Waals surface area contributed by atoms with Gasteiger partial charge < -0.3 is 14.2 Å². The van der Waals surface area contributed by atoms with E-state index in [1.807, 2.05) is 38.1 Å².